The summed E-state index contributed by atoms with van der Waals surface area (Å²) >= 11 is 0. The van der Waals surface area contributed by atoms with Gasteiger partial charge in [-0.3, -0.25) is 14.4 Å². The van der Waals surface area contributed by atoms with Crippen LogP contribution in [0.3, 0.4) is 0 Å². The average molecular weight is 470 g/mol. The minimum Gasteiger partial charge on any atom is -0.454 e. The lowest BCUT2D eigenvalue weighted by Gasteiger charge is -2.36. The first-order valence-corrected chi connectivity index (χ1v) is 11.5. The Balaban J connectivity index is 1.43. The molecule has 34 heavy (non-hydrogen) atoms. The van der Waals surface area contributed by atoms with Gasteiger partial charge < -0.3 is 25.0 Å². The molecule has 1 atom stereocenters. The number of hydrogen-bond donors (Lipinski definition) is 2. The molecule has 2 aromatic rings. The normalized spacial score (nSPS) is 16.1. The molecule has 8 nitrogen and oxygen atoms in total. The van der Waals surface area contributed by atoms with E-state index in [9.17, 15) is 18.8 Å². The summed E-state index contributed by atoms with van der Waals surface area (Å²) in [5.41, 5.74) is 0.669. The lowest BCUT2D eigenvalue weighted by molar-refractivity contribution is -0.124. The highest BCUT2D eigenvalue weighted by Crippen LogP contribution is 2.32. The van der Waals surface area contributed by atoms with Crippen LogP contribution in [-0.4, -0.2) is 55.1 Å². The molecule has 2 N–H and O–H groups in total. The van der Waals surface area contributed by atoms with Gasteiger partial charge in [0.05, 0.1) is 0 Å². The number of benzene rings is 2. The van der Waals surface area contributed by atoms with Crippen molar-refractivity contribution in [3.05, 3.63) is 59.4 Å². The van der Waals surface area contributed by atoms with Gasteiger partial charge >= 0.3 is 0 Å². The van der Waals surface area contributed by atoms with Crippen LogP contribution in [-0.2, 0) is 4.79 Å². The van der Waals surface area contributed by atoms with Crippen molar-refractivity contribution in [2.75, 3.05) is 26.4 Å². The number of rotatable bonds is 7. The first-order chi connectivity index (χ1) is 16.5. The second-order valence-electron chi connectivity index (χ2n) is 8.45. The molecule has 2 heterocycles. The largest absolute Gasteiger partial charge is 0.454 e. The number of likely N-dealkylation sites (tertiary alicyclic amines) is 1. The molecule has 2 aliphatic heterocycles. The second-order valence-corrected chi connectivity index (χ2v) is 8.45. The summed E-state index contributed by atoms with van der Waals surface area (Å²) in [5, 5.41) is 5.76. The van der Waals surface area contributed by atoms with Crippen LogP contribution >= 0.6 is 0 Å². The zero-order chi connectivity index (χ0) is 24.1. The van der Waals surface area contributed by atoms with E-state index in [0.29, 0.717) is 55.1 Å². The highest BCUT2D eigenvalue weighted by atomic mass is 19.1. The molecule has 0 aliphatic carbocycles. The van der Waals surface area contributed by atoms with Crippen molar-refractivity contribution in [3.8, 4) is 11.5 Å². The highest BCUT2D eigenvalue weighted by Gasteiger charge is 2.34. The Morgan fingerprint density at radius 1 is 1.06 bits per heavy atom. The molecule has 1 saturated heterocycles. The summed E-state index contributed by atoms with van der Waals surface area (Å²) in [6.45, 7) is 3.40. The van der Waals surface area contributed by atoms with Crippen molar-refractivity contribution in [1.29, 1.82) is 0 Å². The predicted octanol–water partition coefficient (Wildman–Crippen LogP) is 2.73. The zero-order valence-electron chi connectivity index (χ0n) is 19.0. The number of nitrogens with one attached hydrogen (secondary N) is 2. The van der Waals surface area contributed by atoms with E-state index in [1.807, 2.05) is 6.92 Å². The van der Waals surface area contributed by atoms with Crippen LogP contribution in [0.4, 0.5) is 4.39 Å². The Morgan fingerprint density at radius 2 is 1.82 bits per heavy atom. The minimum absolute atomic E-state index is 0.107. The van der Waals surface area contributed by atoms with Gasteiger partial charge in [0.25, 0.3) is 11.8 Å². The van der Waals surface area contributed by atoms with E-state index < -0.39 is 11.9 Å². The van der Waals surface area contributed by atoms with E-state index in [2.05, 4.69) is 10.6 Å². The van der Waals surface area contributed by atoms with E-state index >= 15 is 0 Å². The Bertz CT molecular complexity index is 1070. The maximum atomic E-state index is 13.5. The van der Waals surface area contributed by atoms with Crippen molar-refractivity contribution >= 4 is 17.7 Å². The molecule has 3 amide bonds. The molecular weight excluding hydrogens is 441 g/mol. The molecule has 4 rings (SSSR count). The molecule has 0 aromatic heterocycles. The van der Waals surface area contributed by atoms with E-state index in [1.165, 1.54) is 18.2 Å². The summed E-state index contributed by atoms with van der Waals surface area (Å²) in [6.07, 6.45) is 1.84. The van der Waals surface area contributed by atoms with Crippen LogP contribution in [0.2, 0.25) is 0 Å². The number of piperidine rings is 1. The van der Waals surface area contributed by atoms with Gasteiger partial charge in [0.1, 0.15) is 11.9 Å². The molecule has 0 saturated carbocycles. The molecule has 0 bridgehead atoms. The Kier molecular flexibility index (Phi) is 7.30. The number of hydrogen-bond acceptors (Lipinski definition) is 5. The fourth-order valence-electron chi connectivity index (χ4n) is 4.26. The highest BCUT2D eigenvalue weighted by molar-refractivity contribution is 5.98. The van der Waals surface area contributed by atoms with Crippen molar-refractivity contribution in [3.63, 3.8) is 0 Å². The van der Waals surface area contributed by atoms with E-state index in [-0.39, 0.29) is 30.4 Å². The Labute approximate surface area is 197 Å². The van der Waals surface area contributed by atoms with Crippen LogP contribution in [0, 0.1) is 11.7 Å². The third-order valence-corrected chi connectivity index (χ3v) is 6.12. The smallest absolute Gasteiger partial charge is 0.253 e. The SMILES string of the molecule is CCCNC(=O)C(NC(=O)c1ccc2c(c1)OCO2)C1CCN(C(=O)c2cccc(F)c2)CC1. The molecule has 0 radical (unpaired) electrons. The fraction of sp³-hybridized carbons (Fsp3) is 0.400. The molecular formula is C25H28FN3O5. The van der Waals surface area contributed by atoms with E-state index in [0.717, 1.165) is 6.42 Å². The fourth-order valence-corrected chi connectivity index (χ4v) is 4.26. The Hall–Kier alpha value is -3.62. The number of ether oxygens (including phenoxy) is 2. The molecule has 0 spiro atoms. The predicted molar refractivity (Wildman–Crippen MR) is 122 cm³/mol. The summed E-state index contributed by atoms with van der Waals surface area (Å²) in [4.78, 5) is 40.3. The average Bonchev–Trinajstić information content (AvgIpc) is 3.33. The molecule has 1 unspecified atom stereocenters. The summed E-state index contributed by atoms with van der Waals surface area (Å²) in [5.74, 6) is -0.410. The Morgan fingerprint density at radius 3 is 2.56 bits per heavy atom. The van der Waals surface area contributed by atoms with Gasteiger partial charge in [-0.1, -0.05) is 13.0 Å². The number of amides is 3. The lowest BCUT2D eigenvalue weighted by atomic mass is 9.88. The van der Waals surface area contributed by atoms with E-state index in [1.54, 1.807) is 29.2 Å². The van der Waals surface area contributed by atoms with Gasteiger partial charge in [0.2, 0.25) is 12.7 Å². The quantitative estimate of drug-likeness (QED) is 0.650. The van der Waals surface area contributed by atoms with Gasteiger partial charge in [-0.25, -0.2) is 4.39 Å². The first kappa shape index (κ1) is 23.5. The molecule has 2 aromatic carbocycles. The topological polar surface area (TPSA) is 97.0 Å². The first-order valence-electron chi connectivity index (χ1n) is 11.5. The summed E-state index contributed by atoms with van der Waals surface area (Å²) < 4.78 is 24.2. The molecule has 1 fully saturated rings. The number of nitrogens with zero attached hydrogens (tertiary/aromatic N) is 1. The van der Waals surface area contributed by atoms with Gasteiger partial charge in [-0.05, 0) is 61.6 Å². The molecule has 2 aliphatic rings. The van der Waals surface area contributed by atoms with Crippen molar-refractivity contribution in [2.45, 2.75) is 32.2 Å². The molecule has 9 heteroatoms. The van der Waals surface area contributed by atoms with Crippen LogP contribution in [0.15, 0.2) is 42.5 Å². The van der Waals surface area contributed by atoms with Gasteiger partial charge in [0, 0.05) is 30.8 Å². The van der Waals surface area contributed by atoms with Crippen LogP contribution in [0.1, 0.15) is 46.9 Å². The lowest BCUT2D eigenvalue weighted by Crippen LogP contribution is -2.54. The van der Waals surface area contributed by atoms with Gasteiger partial charge in [-0.2, -0.15) is 0 Å². The van der Waals surface area contributed by atoms with E-state index in [4.69, 9.17) is 9.47 Å². The second kappa shape index (κ2) is 10.5. The minimum atomic E-state index is -0.740. The monoisotopic (exact) mass is 469 g/mol. The maximum absolute atomic E-state index is 13.5. The third kappa shape index (κ3) is 5.30. The third-order valence-electron chi connectivity index (χ3n) is 6.12. The van der Waals surface area contributed by atoms with Crippen molar-refractivity contribution in [1.82, 2.24) is 15.5 Å². The summed E-state index contributed by atoms with van der Waals surface area (Å²) in [6, 6.07) is 9.77. The number of carbonyl (C=O) groups is 3. The van der Waals surface area contributed by atoms with Crippen molar-refractivity contribution < 1.29 is 28.2 Å². The summed E-state index contributed by atoms with van der Waals surface area (Å²) in [7, 11) is 0. The number of halogens is 1. The van der Waals surface area contributed by atoms with Gasteiger partial charge in [-0.15, -0.1) is 0 Å². The van der Waals surface area contributed by atoms with Gasteiger partial charge in [0.15, 0.2) is 11.5 Å². The number of carbonyl (C=O) groups excluding carboxylic acids is 3. The number of fused-ring (bicyclic) bond motifs is 1. The maximum Gasteiger partial charge on any atom is 0.253 e. The zero-order valence-corrected chi connectivity index (χ0v) is 19.0. The molecule has 180 valence electrons. The van der Waals surface area contributed by atoms with Crippen LogP contribution in [0.25, 0.3) is 0 Å². The van der Waals surface area contributed by atoms with Crippen LogP contribution < -0.4 is 20.1 Å². The van der Waals surface area contributed by atoms with Crippen molar-refractivity contribution in [2.24, 2.45) is 5.92 Å². The standard InChI is InChI=1S/C25H28FN3O5/c1-2-10-27-24(31)22(28-23(30)17-6-7-20-21(14-17)34-15-33-20)16-8-11-29(12-9-16)25(32)18-4-3-5-19(26)13-18/h3-7,13-14,16,22H,2,8-12,15H2,1H3,(H,27,31)(H,28,30). The van der Waals surface area contributed by atoms with Crippen LogP contribution in [0.5, 0.6) is 11.5 Å².